The van der Waals surface area contributed by atoms with Crippen LogP contribution in [0.2, 0.25) is 0 Å². The third kappa shape index (κ3) is 19.8. The average molecular weight is 527 g/mol. The molecule has 0 heterocycles. The fraction of sp³-hybridized carbons (Fsp3) is 0.600. The van der Waals surface area contributed by atoms with Crippen LogP contribution in [0, 0.1) is 0 Å². The number of benzene rings is 1. The number of hydrogen-bond donors (Lipinski definition) is 2. The minimum absolute atomic E-state index is 0.103. The van der Waals surface area contributed by atoms with Gasteiger partial charge in [0.15, 0.2) is 0 Å². The number of ether oxygens (including phenoxy) is 6. The number of amides is 2. The summed E-state index contributed by atoms with van der Waals surface area (Å²) in [5.41, 5.74) is 0.907. The Morgan fingerprint density at radius 3 is 1.92 bits per heavy atom. The van der Waals surface area contributed by atoms with Gasteiger partial charge in [0.2, 0.25) is 11.8 Å². The Morgan fingerprint density at radius 1 is 0.676 bits per heavy atom. The van der Waals surface area contributed by atoms with E-state index in [0.29, 0.717) is 32.7 Å². The van der Waals surface area contributed by atoms with Gasteiger partial charge >= 0.3 is 11.9 Å². The Hall–Kier alpha value is -3.06. The molecule has 0 saturated heterocycles. The highest BCUT2D eigenvalue weighted by atomic mass is 16.6. The molecule has 0 aliphatic heterocycles. The highest BCUT2D eigenvalue weighted by Gasteiger charge is 2.05. The molecule has 0 fully saturated rings. The highest BCUT2D eigenvalue weighted by molar-refractivity contribution is 5.77. The smallest absolute Gasteiger partial charge is 0.332 e. The van der Waals surface area contributed by atoms with Crippen LogP contribution in [0.5, 0.6) is 0 Å². The summed E-state index contributed by atoms with van der Waals surface area (Å²) in [6, 6.07) is 9.37. The fourth-order valence-electron chi connectivity index (χ4n) is 2.70. The molecule has 12 heteroatoms. The molecular weight excluding hydrogens is 488 g/mol. The number of carbonyl (C=O) groups excluding carboxylic acids is 4. The second-order valence-electron chi connectivity index (χ2n) is 7.61. The van der Waals surface area contributed by atoms with E-state index in [2.05, 4.69) is 15.4 Å². The van der Waals surface area contributed by atoms with E-state index < -0.39 is 5.97 Å². The lowest BCUT2D eigenvalue weighted by Crippen LogP contribution is -2.31. The summed E-state index contributed by atoms with van der Waals surface area (Å²) < 4.78 is 30.7. The molecule has 0 atom stereocenters. The highest BCUT2D eigenvalue weighted by Crippen LogP contribution is 2.00. The maximum absolute atomic E-state index is 11.7. The molecule has 2 amide bonds. The lowest BCUT2D eigenvalue weighted by Gasteiger charge is -2.09. The Labute approximate surface area is 217 Å². The zero-order valence-corrected chi connectivity index (χ0v) is 21.4. The Bertz CT molecular complexity index is 776. The first-order chi connectivity index (χ1) is 18.0. The second kappa shape index (κ2) is 22.2. The third-order valence-electron chi connectivity index (χ3n) is 4.59. The van der Waals surface area contributed by atoms with E-state index in [-0.39, 0.29) is 76.9 Å². The summed E-state index contributed by atoms with van der Waals surface area (Å²) in [5.74, 6) is -1.22. The van der Waals surface area contributed by atoms with Gasteiger partial charge in [0.05, 0.1) is 46.8 Å². The van der Waals surface area contributed by atoms with E-state index in [0.717, 1.165) is 5.56 Å². The number of esters is 2. The maximum Gasteiger partial charge on any atom is 0.332 e. The van der Waals surface area contributed by atoms with E-state index in [1.807, 2.05) is 30.3 Å². The Balaban J connectivity index is 1.81. The topological polar surface area (TPSA) is 148 Å². The summed E-state index contributed by atoms with van der Waals surface area (Å²) in [7, 11) is 1.31. The van der Waals surface area contributed by atoms with Crippen molar-refractivity contribution < 1.29 is 47.6 Å². The SMILES string of the molecule is COC(=O)CCCC(=O)NCCOCCOCC(=O)NCCOCCOCC(=O)OCc1ccccc1. The van der Waals surface area contributed by atoms with Crippen LogP contribution in [0.1, 0.15) is 24.8 Å². The first-order valence-electron chi connectivity index (χ1n) is 12.1. The number of rotatable bonds is 22. The van der Waals surface area contributed by atoms with Gasteiger partial charge < -0.3 is 39.1 Å². The molecule has 0 bridgehead atoms. The van der Waals surface area contributed by atoms with Crippen molar-refractivity contribution >= 4 is 23.8 Å². The van der Waals surface area contributed by atoms with Gasteiger partial charge in [-0.25, -0.2) is 4.79 Å². The largest absolute Gasteiger partial charge is 0.469 e. The Kier molecular flexibility index (Phi) is 19.1. The fourth-order valence-corrected chi connectivity index (χ4v) is 2.70. The summed E-state index contributed by atoms with van der Waals surface area (Å²) in [4.78, 5) is 45.8. The molecule has 0 aliphatic rings. The van der Waals surface area contributed by atoms with Crippen molar-refractivity contribution in [1.29, 1.82) is 0 Å². The van der Waals surface area contributed by atoms with Crippen molar-refractivity contribution in [3.8, 4) is 0 Å². The Morgan fingerprint density at radius 2 is 1.27 bits per heavy atom. The average Bonchev–Trinajstić information content (AvgIpc) is 2.90. The molecule has 37 heavy (non-hydrogen) atoms. The monoisotopic (exact) mass is 526 g/mol. The molecule has 1 aromatic rings. The predicted molar refractivity (Wildman–Crippen MR) is 131 cm³/mol. The zero-order chi connectivity index (χ0) is 27.0. The third-order valence-corrected chi connectivity index (χ3v) is 4.59. The van der Waals surface area contributed by atoms with Gasteiger partial charge in [0.25, 0.3) is 0 Å². The number of carbonyl (C=O) groups is 4. The second-order valence-corrected chi connectivity index (χ2v) is 7.61. The van der Waals surface area contributed by atoms with Crippen molar-refractivity contribution in [3.63, 3.8) is 0 Å². The number of methoxy groups -OCH3 is 1. The van der Waals surface area contributed by atoms with Crippen molar-refractivity contribution in [2.24, 2.45) is 0 Å². The summed E-state index contributed by atoms with van der Waals surface area (Å²) in [6.45, 7) is 2.27. The van der Waals surface area contributed by atoms with Crippen LogP contribution in [0.15, 0.2) is 30.3 Å². The molecule has 0 radical (unpaired) electrons. The van der Waals surface area contributed by atoms with Crippen LogP contribution >= 0.6 is 0 Å². The van der Waals surface area contributed by atoms with Crippen molar-refractivity contribution in [1.82, 2.24) is 10.6 Å². The summed E-state index contributed by atoms with van der Waals surface area (Å²) in [6.07, 6.45) is 0.894. The first kappa shape index (κ1) is 32.0. The molecule has 0 saturated carbocycles. The molecule has 0 spiro atoms. The van der Waals surface area contributed by atoms with Crippen LogP contribution in [0.3, 0.4) is 0 Å². The van der Waals surface area contributed by atoms with Crippen molar-refractivity contribution in [3.05, 3.63) is 35.9 Å². The molecule has 12 nitrogen and oxygen atoms in total. The van der Waals surface area contributed by atoms with E-state index in [4.69, 9.17) is 23.7 Å². The zero-order valence-electron chi connectivity index (χ0n) is 21.4. The van der Waals surface area contributed by atoms with Gasteiger partial charge in [-0.05, 0) is 12.0 Å². The van der Waals surface area contributed by atoms with Crippen LogP contribution in [-0.2, 0) is 54.2 Å². The predicted octanol–water partition coefficient (Wildman–Crippen LogP) is 0.372. The molecule has 0 unspecified atom stereocenters. The van der Waals surface area contributed by atoms with Crippen LogP contribution in [-0.4, -0.2) is 96.8 Å². The lowest BCUT2D eigenvalue weighted by atomic mass is 10.2. The minimum Gasteiger partial charge on any atom is -0.469 e. The molecule has 1 rings (SSSR count). The van der Waals surface area contributed by atoms with E-state index in [9.17, 15) is 19.2 Å². The van der Waals surface area contributed by atoms with Crippen molar-refractivity contribution in [2.75, 3.05) is 73.1 Å². The van der Waals surface area contributed by atoms with Crippen LogP contribution in [0.25, 0.3) is 0 Å². The molecule has 1 aromatic carbocycles. The van der Waals surface area contributed by atoms with Gasteiger partial charge in [-0.1, -0.05) is 30.3 Å². The standard InChI is InChI=1S/C25H38N2O10/c1-32-24(30)9-5-8-22(28)26-10-12-33-14-16-35-19-23(29)27-11-13-34-15-17-36-20-25(31)37-18-21-6-3-2-4-7-21/h2-4,6-7H,5,8-20H2,1H3,(H,26,28)(H,27,29). The molecule has 0 aliphatic carbocycles. The van der Waals surface area contributed by atoms with Gasteiger partial charge in [-0.15, -0.1) is 0 Å². The van der Waals surface area contributed by atoms with Gasteiger partial charge in [-0.3, -0.25) is 14.4 Å². The quantitative estimate of drug-likeness (QED) is 0.160. The van der Waals surface area contributed by atoms with Crippen LogP contribution < -0.4 is 10.6 Å². The summed E-state index contributed by atoms with van der Waals surface area (Å²) in [5, 5.41) is 5.34. The van der Waals surface area contributed by atoms with Crippen molar-refractivity contribution in [2.45, 2.75) is 25.9 Å². The van der Waals surface area contributed by atoms with E-state index >= 15 is 0 Å². The van der Waals surface area contributed by atoms with Gasteiger partial charge in [0.1, 0.15) is 19.8 Å². The minimum atomic E-state index is -0.447. The van der Waals surface area contributed by atoms with Gasteiger partial charge in [-0.2, -0.15) is 0 Å². The molecular formula is C25H38N2O10. The van der Waals surface area contributed by atoms with Crippen LogP contribution in [0.4, 0.5) is 0 Å². The number of hydrogen-bond acceptors (Lipinski definition) is 10. The maximum atomic E-state index is 11.7. The van der Waals surface area contributed by atoms with E-state index in [1.54, 1.807) is 0 Å². The first-order valence-corrected chi connectivity index (χ1v) is 12.1. The van der Waals surface area contributed by atoms with E-state index in [1.165, 1.54) is 7.11 Å². The van der Waals surface area contributed by atoms with Gasteiger partial charge in [0, 0.05) is 25.9 Å². The molecule has 208 valence electrons. The normalized spacial score (nSPS) is 10.5. The summed E-state index contributed by atoms with van der Waals surface area (Å²) >= 11 is 0. The molecule has 0 aromatic heterocycles. The lowest BCUT2D eigenvalue weighted by molar-refractivity contribution is -0.150. The molecule has 2 N–H and O–H groups in total. The number of nitrogens with one attached hydrogen (secondary N) is 2.